The van der Waals surface area contributed by atoms with E-state index in [0.717, 1.165) is 0 Å². The monoisotopic (exact) mass is 198 g/mol. The molecule has 8 N–H and O–H groups in total. The molecular weight excluding hydrogens is 184 g/mol. The average molecular weight is 198 g/mol. The first-order valence-corrected chi connectivity index (χ1v) is 3.55. The van der Waals surface area contributed by atoms with Crippen molar-refractivity contribution in [1.29, 1.82) is 0 Å². The quantitative estimate of drug-likeness (QED) is 0.230. The van der Waals surface area contributed by atoms with Crippen molar-refractivity contribution in [3.05, 3.63) is 0 Å². The Balaban J connectivity index is 0.00000144. The molecule has 1 saturated carbocycles. The van der Waals surface area contributed by atoms with Gasteiger partial charge in [-0.05, 0) is 0 Å². The lowest BCUT2D eigenvalue weighted by Gasteiger charge is -2.39. The third-order valence-corrected chi connectivity index (χ3v) is 2.10. The molecule has 0 aromatic heterocycles. The van der Waals surface area contributed by atoms with Crippen LogP contribution in [0, 0.1) is 0 Å². The summed E-state index contributed by atoms with van der Waals surface area (Å²) in [4.78, 5) is 0. The van der Waals surface area contributed by atoms with Crippen molar-refractivity contribution in [3.8, 4) is 0 Å². The van der Waals surface area contributed by atoms with E-state index in [-0.39, 0.29) is 5.48 Å². The van der Waals surface area contributed by atoms with Gasteiger partial charge in [0, 0.05) is 0 Å². The molecule has 80 valence electrons. The van der Waals surface area contributed by atoms with Gasteiger partial charge >= 0.3 is 0 Å². The molecule has 0 atom stereocenters. The highest BCUT2D eigenvalue weighted by Gasteiger charge is 2.47. The lowest BCUT2D eigenvalue weighted by Crippen LogP contribution is -2.63. The van der Waals surface area contributed by atoms with Gasteiger partial charge in [-0.25, -0.2) is 0 Å². The molecule has 0 saturated heterocycles. The molecule has 1 aliphatic carbocycles. The SMILES string of the molecule is O.OC1C(O)C(O)C(O)C(O)C1O. The predicted octanol–water partition coefficient (Wildman–Crippen LogP) is -4.66. The fourth-order valence-electron chi connectivity index (χ4n) is 1.21. The molecule has 0 aromatic carbocycles. The Morgan fingerprint density at radius 3 is 0.538 bits per heavy atom. The van der Waals surface area contributed by atoms with Gasteiger partial charge in [0.1, 0.15) is 36.6 Å². The molecule has 0 aromatic rings. The first-order valence-electron chi connectivity index (χ1n) is 3.55. The van der Waals surface area contributed by atoms with Crippen LogP contribution in [0.1, 0.15) is 0 Å². The smallest absolute Gasteiger partial charge is 0.111 e. The van der Waals surface area contributed by atoms with Gasteiger partial charge in [0.25, 0.3) is 0 Å². The second kappa shape index (κ2) is 4.29. The van der Waals surface area contributed by atoms with E-state index in [9.17, 15) is 0 Å². The summed E-state index contributed by atoms with van der Waals surface area (Å²) in [6.45, 7) is 0. The normalized spacial score (nSPS) is 51.2. The van der Waals surface area contributed by atoms with Crippen LogP contribution < -0.4 is 0 Å². The minimum absolute atomic E-state index is 0. The van der Waals surface area contributed by atoms with Crippen molar-refractivity contribution in [1.82, 2.24) is 0 Å². The molecule has 1 fully saturated rings. The Bertz CT molecular complexity index is 105. The Morgan fingerprint density at radius 2 is 0.462 bits per heavy atom. The minimum atomic E-state index is -1.64. The van der Waals surface area contributed by atoms with Crippen molar-refractivity contribution in [2.75, 3.05) is 0 Å². The molecule has 0 bridgehead atoms. The zero-order chi connectivity index (χ0) is 9.46. The molecular formula is C6H14O7. The largest absolute Gasteiger partial charge is 0.412 e. The highest BCUT2D eigenvalue weighted by molar-refractivity contribution is 4.98. The summed E-state index contributed by atoms with van der Waals surface area (Å²) in [6, 6.07) is 0. The molecule has 7 heteroatoms. The summed E-state index contributed by atoms with van der Waals surface area (Å²) in [5.74, 6) is 0. The number of aliphatic hydroxyl groups excluding tert-OH is 6. The highest BCUT2D eigenvalue weighted by Crippen LogP contribution is 2.20. The fraction of sp³-hybridized carbons (Fsp3) is 1.00. The van der Waals surface area contributed by atoms with Crippen LogP contribution >= 0.6 is 0 Å². The third kappa shape index (κ3) is 1.97. The van der Waals surface area contributed by atoms with Crippen molar-refractivity contribution in [3.63, 3.8) is 0 Å². The first kappa shape index (κ1) is 12.7. The van der Waals surface area contributed by atoms with E-state index in [0.29, 0.717) is 0 Å². The van der Waals surface area contributed by atoms with Gasteiger partial charge in [-0.3, -0.25) is 0 Å². The maximum atomic E-state index is 8.97. The molecule has 0 spiro atoms. The Hall–Kier alpha value is -0.280. The van der Waals surface area contributed by atoms with E-state index >= 15 is 0 Å². The van der Waals surface area contributed by atoms with Crippen LogP contribution in [-0.4, -0.2) is 72.7 Å². The van der Waals surface area contributed by atoms with Gasteiger partial charge in [0.15, 0.2) is 0 Å². The van der Waals surface area contributed by atoms with Crippen molar-refractivity contribution in [2.24, 2.45) is 0 Å². The van der Waals surface area contributed by atoms with Crippen LogP contribution in [0.4, 0.5) is 0 Å². The highest BCUT2D eigenvalue weighted by atomic mass is 16.4. The van der Waals surface area contributed by atoms with E-state index in [1.54, 1.807) is 0 Å². The lowest BCUT2D eigenvalue weighted by molar-refractivity contribution is -0.223. The molecule has 13 heavy (non-hydrogen) atoms. The molecule has 1 rings (SSSR count). The molecule has 0 aliphatic heterocycles. The summed E-state index contributed by atoms with van der Waals surface area (Å²) in [5.41, 5.74) is 0. The van der Waals surface area contributed by atoms with Crippen molar-refractivity contribution in [2.45, 2.75) is 36.6 Å². The summed E-state index contributed by atoms with van der Waals surface area (Å²) in [5, 5.41) is 53.8. The lowest BCUT2D eigenvalue weighted by atomic mass is 9.85. The van der Waals surface area contributed by atoms with Crippen LogP contribution in [0.3, 0.4) is 0 Å². The molecule has 0 amide bonds. The van der Waals surface area contributed by atoms with Gasteiger partial charge < -0.3 is 36.1 Å². The molecule has 0 unspecified atom stereocenters. The number of hydrogen-bond acceptors (Lipinski definition) is 6. The van der Waals surface area contributed by atoms with E-state index in [2.05, 4.69) is 0 Å². The number of aliphatic hydroxyl groups is 6. The topological polar surface area (TPSA) is 153 Å². The summed E-state index contributed by atoms with van der Waals surface area (Å²) in [6.07, 6.45) is -9.84. The van der Waals surface area contributed by atoms with E-state index in [1.165, 1.54) is 0 Å². The summed E-state index contributed by atoms with van der Waals surface area (Å²) >= 11 is 0. The predicted molar refractivity (Wildman–Crippen MR) is 39.7 cm³/mol. The zero-order valence-electron chi connectivity index (χ0n) is 6.65. The van der Waals surface area contributed by atoms with Crippen LogP contribution in [-0.2, 0) is 0 Å². The maximum Gasteiger partial charge on any atom is 0.111 e. The van der Waals surface area contributed by atoms with Gasteiger partial charge in [-0.1, -0.05) is 0 Å². The van der Waals surface area contributed by atoms with Crippen LogP contribution in [0.15, 0.2) is 0 Å². The minimum Gasteiger partial charge on any atom is -0.412 e. The molecule has 7 nitrogen and oxygen atoms in total. The maximum absolute atomic E-state index is 8.97. The second-order valence-corrected chi connectivity index (χ2v) is 2.94. The third-order valence-electron chi connectivity index (χ3n) is 2.10. The summed E-state index contributed by atoms with van der Waals surface area (Å²) < 4.78 is 0. The van der Waals surface area contributed by atoms with Gasteiger partial charge in [0.2, 0.25) is 0 Å². The zero-order valence-corrected chi connectivity index (χ0v) is 6.65. The second-order valence-electron chi connectivity index (χ2n) is 2.94. The summed E-state index contributed by atoms with van der Waals surface area (Å²) in [7, 11) is 0. The molecule has 1 aliphatic rings. The Kier molecular flexibility index (Phi) is 4.20. The van der Waals surface area contributed by atoms with Crippen molar-refractivity contribution < 1.29 is 36.1 Å². The fourth-order valence-corrected chi connectivity index (χ4v) is 1.21. The Morgan fingerprint density at radius 1 is 0.385 bits per heavy atom. The van der Waals surface area contributed by atoms with E-state index in [1.807, 2.05) is 0 Å². The van der Waals surface area contributed by atoms with E-state index in [4.69, 9.17) is 30.6 Å². The van der Waals surface area contributed by atoms with Gasteiger partial charge in [-0.2, -0.15) is 0 Å². The molecule has 0 heterocycles. The molecule has 0 radical (unpaired) electrons. The van der Waals surface area contributed by atoms with Gasteiger partial charge in [0.05, 0.1) is 0 Å². The Labute approximate surface area is 73.8 Å². The number of rotatable bonds is 0. The number of hydrogen-bond donors (Lipinski definition) is 6. The first-order chi connectivity index (χ1) is 5.46. The standard InChI is InChI=1S/C6H12O6.H2O/c7-1-2(8)4(10)6(12)5(11)3(1)9;/h1-12H;1H2. The van der Waals surface area contributed by atoms with Crippen molar-refractivity contribution >= 4 is 0 Å². The average Bonchev–Trinajstić information content (AvgIpc) is 2.08. The van der Waals surface area contributed by atoms with Crippen LogP contribution in [0.5, 0.6) is 0 Å². The van der Waals surface area contributed by atoms with Crippen LogP contribution in [0.25, 0.3) is 0 Å². The van der Waals surface area contributed by atoms with Crippen LogP contribution in [0.2, 0.25) is 0 Å². The van der Waals surface area contributed by atoms with E-state index < -0.39 is 36.6 Å². The van der Waals surface area contributed by atoms with Gasteiger partial charge in [-0.15, -0.1) is 0 Å².